The van der Waals surface area contributed by atoms with Crippen molar-refractivity contribution in [1.82, 2.24) is 0 Å². The fraction of sp³-hybridized carbons (Fsp3) is 0.694. The maximum absolute atomic E-state index is 13.7. The number of halogens is 2. The Kier molecular flexibility index (Phi) is 18.9. The average Bonchev–Trinajstić information content (AvgIpc) is 3.20. The molecule has 0 heterocycles. The highest BCUT2D eigenvalue weighted by Crippen LogP contribution is 2.63. The molecule has 0 spiro atoms. The van der Waals surface area contributed by atoms with Gasteiger partial charge >= 0.3 is 0 Å². The van der Waals surface area contributed by atoms with Crippen LogP contribution in [-0.4, -0.2) is 75.7 Å². The van der Waals surface area contributed by atoms with Gasteiger partial charge in [0, 0.05) is 47.4 Å². The minimum Gasteiger partial charge on any atom is -0.497 e. The van der Waals surface area contributed by atoms with Gasteiger partial charge in [0.05, 0.1) is 39.9 Å². The van der Waals surface area contributed by atoms with Gasteiger partial charge in [-0.15, -0.1) is 31.8 Å². The van der Waals surface area contributed by atoms with Crippen molar-refractivity contribution >= 4 is 49.1 Å². The van der Waals surface area contributed by atoms with Crippen LogP contribution in [-0.2, 0) is 4.79 Å². The first-order chi connectivity index (χ1) is 28.1. The third-order valence-electron chi connectivity index (χ3n) is 14.8. The molecule has 0 amide bonds. The molecular formula is C49H75Cl2O8P. The van der Waals surface area contributed by atoms with Crippen LogP contribution in [0.1, 0.15) is 127 Å². The number of ether oxygens (including phenoxy) is 4. The first-order valence-corrected chi connectivity index (χ1v) is 24.6. The van der Waals surface area contributed by atoms with Gasteiger partial charge in [0.15, 0.2) is 11.6 Å². The number of carbonyl (C=O) groups excluding carboxylic acids is 3. The normalized spacial score (nSPS) is 31.1. The molecule has 4 aliphatic carbocycles. The van der Waals surface area contributed by atoms with Crippen LogP contribution in [0, 0.1) is 57.2 Å². The fourth-order valence-electron chi connectivity index (χ4n) is 11.9. The van der Waals surface area contributed by atoms with E-state index >= 15 is 0 Å². The predicted octanol–water partition coefficient (Wildman–Crippen LogP) is 12.0. The number of fused-ring (bicyclic) bond motifs is 2. The molecule has 60 heavy (non-hydrogen) atoms. The van der Waals surface area contributed by atoms with Gasteiger partial charge in [-0.3, -0.25) is 14.4 Å². The molecule has 2 aromatic carbocycles. The maximum atomic E-state index is 13.7. The largest absolute Gasteiger partial charge is 0.497 e. The Bertz CT molecular complexity index is 1720. The second kappa shape index (κ2) is 21.8. The summed E-state index contributed by atoms with van der Waals surface area (Å²) in [4.78, 5) is 40.3. The quantitative estimate of drug-likeness (QED) is 0.159. The summed E-state index contributed by atoms with van der Waals surface area (Å²) < 4.78 is 21.4. The van der Waals surface area contributed by atoms with Crippen LogP contribution in [0.25, 0.3) is 0 Å². The smallest absolute Gasteiger partial charge is 0.167 e. The van der Waals surface area contributed by atoms with Crippen molar-refractivity contribution in [1.29, 1.82) is 0 Å². The van der Waals surface area contributed by atoms with Crippen molar-refractivity contribution < 1.29 is 38.4 Å². The second-order valence-electron chi connectivity index (χ2n) is 19.4. The minimum atomic E-state index is -0.443. The van der Waals surface area contributed by atoms with Gasteiger partial charge in [-0.05, 0) is 109 Å². The molecular weight excluding hydrogens is 818 g/mol. The molecule has 0 aromatic heterocycles. The monoisotopic (exact) mass is 892 g/mol. The van der Waals surface area contributed by atoms with Crippen molar-refractivity contribution in [3.8, 4) is 23.0 Å². The number of hydrogen-bond acceptors (Lipinski definition) is 8. The molecule has 4 fully saturated rings. The van der Waals surface area contributed by atoms with Crippen LogP contribution in [0.3, 0.4) is 0 Å². The van der Waals surface area contributed by atoms with Crippen LogP contribution >= 0.6 is 31.8 Å². The third-order valence-corrected chi connectivity index (χ3v) is 14.8. The molecule has 2 aromatic rings. The van der Waals surface area contributed by atoms with Crippen LogP contribution in [0.4, 0.5) is 0 Å². The van der Waals surface area contributed by atoms with Crippen LogP contribution < -0.4 is 18.9 Å². The highest BCUT2D eigenvalue weighted by Gasteiger charge is 2.60. The molecule has 0 radical (unpaired) electrons. The molecule has 0 aliphatic heterocycles. The number of alkyl halides is 2. The summed E-state index contributed by atoms with van der Waals surface area (Å²) in [6.45, 7) is 21.9. The Labute approximate surface area is 373 Å². The number of Topliss-reactive ketones (excluding diaryl/α,β-unsaturated/α-hetero) is 3. The summed E-state index contributed by atoms with van der Waals surface area (Å²) in [7, 11) is 7.43. The van der Waals surface area contributed by atoms with Gasteiger partial charge in [-0.25, -0.2) is 0 Å². The number of carbonyl (C=O) groups is 3. The number of rotatable bonds is 8. The molecule has 4 saturated carbocycles. The van der Waals surface area contributed by atoms with E-state index in [0.717, 1.165) is 53.5 Å². The lowest BCUT2D eigenvalue weighted by atomic mass is 9.45. The molecule has 338 valence electrons. The van der Waals surface area contributed by atoms with Gasteiger partial charge in [0.2, 0.25) is 0 Å². The van der Waals surface area contributed by atoms with Crippen LogP contribution in [0.15, 0.2) is 36.4 Å². The van der Waals surface area contributed by atoms with E-state index in [1.807, 2.05) is 13.8 Å². The summed E-state index contributed by atoms with van der Waals surface area (Å²) in [6.07, 6.45) is 7.48. The predicted molar refractivity (Wildman–Crippen MR) is 249 cm³/mol. The Morgan fingerprint density at radius 1 is 0.667 bits per heavy atom. The number of aliphatic hydroxyl groups excluding tert-OH is 1. The van der Waals surface area contributed by atoms with E-state index in [2.05, 4.69) is 54.9 Å². The lowest BCUT2D eigenvalue weighted by molar-refractivity contribution is -0.143. The van der Waals surface area contributed by atoms with E-state index in [9.17, 15) is 19.5 Å². The van der Waals surface area contributed by atoms with Crippen molar-refractivity contribution in [3.05, 3.63) is 47.5 Å². The van der Waals surface area contributed by atoms with E-state index in [1.54, 1.807) is 64.8 Å². The topological polar surface area (TPSA) is 108 Å². The standard InChI is InChI=1S/C23H34O4.C23H32O4.C2H7P.CH2Cl2/c2*1-14-18(24)13-19-22(2,3)8-7-9-23(19,4)20(14)21(25)15-10-16(26-5)12-17(11-15)27-6;1-3-2;2-1-3/h10-12,14,18-20,24H,7-9,13H2,1-6H3;10-12,14,19-20H,7-9,13H2,1-6H3;3H,1-2H3;1H2/t14-,18+,19-,20+,23-;14-,19-,20+,23-;;/m00../s1. The summed E-state index contributed by atoms with van der Waals surface area (Å²) in [5, 5.41) is 11.0. The Morgan fingerprint density at radius 2 is 1.02 bits per heavy atom. The lowest BCUT2D eigenvalue weighted by Crippen LogP contribution is -2.57. The van der Waals surface area contributed by atoms with E-state index < -0.39 is 6.10 Å². The van der Waals surface area contributed by atoms with Gasteiger partial charge in [-0.2, -0.15) is 0 Å². The Hall–Kier alpha value is -2.38. The first kappa shape index (κ1) is 52.0. The Balaban J connectivity index is 0.000000283. The number of methoxy groups -OCH3 is 4. The average molecular weight is 894 g/mol. The zero-order valence-electron chi connectivity index (χ0n) is 38.9. The first-order valence-electron chi connectivity index (χ1n) is 21.6. The van der Waals surface area contributed by atoms with Crippen molar-refractivity contribution in [2.24, 2.45) is 57.2 Å². The summed E-state index contributed by atoms with van der Waals surface area (Å²) in [6, 6.07) is 10.7. The van der Waals surface area contributed by atoms with Gasteiger partial charge in [0.25, 0.3) is 0 Å². The number of hydrogen-bond donors (Lipinski definition) is 1. The third kappa shape index (κ3) is 11.2. The van der Waals surface area contributed by atoms with E-state index in [-0.39, 0.29) is 73.9 Å². The fourth-order valence-corrected chi connectivity index (χ4v) is 11.9. The van der Waals surface area contributed by atoms with E-state index in [0.29, 0.717) is 46.5 Å². The number of benzene rings is 2. The minimum absolute atomic E-state index is 0.0398. The molecule has 0 bridgehead atoms. The molecule has 4 aliphatic rings. The molecule has 0 unspecified atom stereocenters. The molecule has 1 N–H and O–H groups in total. The Morgan fingerprint density at radius 3 is 1.40 bits per heavy atom. The zero-order valence-corrected chi connectivity index (χ0v) is 41.4. The maximum Gasteiger partial charge on any atom is 0.167 e. The van der Waals surface area contributed by atoms with Crippen molar-refractivity contribution in [2.75, 3.05) is 47.1 Å². The molecule has 9 atom stereocenters. The summed E-state index contributed by atoms with van der Waals surface area (Å²) in [5.41, 5.74) is 1.13. The van der Waals surface area contributed by atoms with E-state index in [4.69, 9.17) is 42.1 Å². The lowest BCUT2D eigenvalue weighted by Gasteiger charge is -2.59. The number of ketones is 3. The summed E-state index contributed by atoms with van der Waals surface area (Å²) in [5.74, 6) is 2.53. The SMILES string of the molecule is COc1cc(OC)cc(C(=O)[C@H]2[C@@H](C)C(=O)C[C@H]3C(C)(C)CCC[C@]23C)c1.COc1cc(OC)cc(C(=O)[C@H]2[C@@H](C)[C@H](O)C[C@H]3C(C)(C)CCC[C@]23C)c1.CPC.ClCCl. The van der Waals surface area contributed by atoms with Gasteiger partial charge in [-0.1, -0.05) is 68.2 Å². The second-order valence-corrected chi connectivity index (χ2v) is 21.2. The number of aliphatic hydroxyl groups is 1. The van der Waals surface area contributed by atoms with Gasteiger partial charge in [0.1, 0.15) is 28.8 Å². The molecule has 6 rings (SSSR count). The van der Waals surface area contributed by atoms with Crippen molar-refractivity contribution in [3.63, 3.8) is 0 Å². The molecule has 8 nitrogen and oxygen atoms in total. The summed E-state index contributed by atoms with van der Waals surface area (Å²) >= 11 is 9.53. The van der Waals surface area contributed by atoms with Gasteiger partial charge < -0.3 is 24.1 Å². The van der Waals surface area contributed by atoms with Crippen LogP contribution in [0.5, 0.6) is 23.0 Å². The van der Waals surface area contributed by atoms with Crippen molar-refractivity contribution in [2.45, 2.75) is 113 Å². The highest BCUT2D eigenvalue weighted by molar-refractivity contribution is 7.35. The molecule has 0 saturated heterocycles. The zero-order chi connectivity index (χ0) is 45.4. The highest BCUT2D eigenvalue weighted by atomic mass is 35.5. The molecule has 11 heteroatoms. The van der Waals surface area contributed by atoms with Crippen LogP contribution in [0.2, 0.25) is 0 Å². The van der Waals surface area contributed by atoms with E-state index in [1.165, 1.54) is 0 Å².